The molecule has 1 N–H and O–H groups in total. The molecule has 3 aromatic rings. The lowest BCUT2D eigenvalue weighted by Gasteiger charge is -2.22. The number of hydrogen-bond donors (Lipinski definition) is 1. The van der Waals surface area contributed by atoms with Crippen molar-refractivity contribution >= 4 is 33.9 Å². The second-order valence-corrected chi connectivity index (χ2v) is 6.38. The summed E-state index contributed by atoms with van der Waals surface area (Å²) in [6.45, 7) is 0. The Labute approximate surface area is 152 Å². The van der Waals surface area contributed by atoms with E-state index in [0.717, 1.165) is 0 Å². The number of nitrogens with zero attached hydrogens (tertiary/aromatic N) is 4. The van der Waals surface area contributed by atoms with E-state index in [1.54, 1.807) is 48.2 Å². The van der Waals surface area contributed by atoms with E-state index < -0.39 is 17.7 Å². The minimum Gasteiger partial charge on any atom is -0.507 e. The molecule has 1 fully saturated rings. The molecule has 0 aromatic carbocycles. The monoisotopic (exact) mass is 364 g/mol. The van der Waals surface area contributed by atoms with Gasteiger partial charge in [-0.2, -0.15) is 0 Å². The first-order valence-corrected chi connectivity index (χ1v) is 8.57. The molecule has 0 aliphatic carbocycles. The number of aromatic nitrogens is 3. The van der Waals surface area contributed by atoms with Gasteiger partial charge in [0.15, 0.2) is 5.13 Å². The molecule has 1 atom stereocenters. The lowest BCUT2D eigenvalue weighted by atomic mass is 9.97. The van der Waals surface area contributed by atoms with Gasteiger partial charge in [0, 0.05) is 41.9 Å². The van der Waals surface area contributed by atoms with Gasteiger partial charge in [-0.1, -0.05) is 6.07 Å². The smallest absolute Gasteiger partial charge is 0.301 e. The van der Waals surface area contributed by atoms with Crippen LogP contribution in [0.1, 0.15) is 17.2 Å². The van der Waals surface area contributed by atoms with Crippen LogP contribution in [-0.2, 0) is 9.59 Å². The third kappa shape index (κ3) is 2.56. The predicted molar refractivity (Wildman–Crippen MR) is 95.4 cm³/mol. The molecule has 1 amide bonds. The van der Waals surface area contributed by atoms with E-state index in [4.69, 9.17) is 0 Å². The second-order valence-electron chi connectivity index (χ2n) is 5.51. The number of amides is 1. The van der Waals surface area contributed by atoms with E-state index in [-0.39, 0.29) is 11.3 Å². The molecule has 8 heteroatoms. The number of aliphatic hydroxyl groups is 1. The van der Waals surface area contributed by atoms with Crippen molar-refractivity contribution in [3.8, 4) is 0 Å². The number of thiazole rings is 1. The zero-order valence-electron chi connectivity index (χ0n) is 13.3. The molecular weight excluding hydrogens is 352 g/mol. The third-order valence-electron chi connectivity index (χ3n) is 4.02. The second kappa shape index (κ2) is 6.49. The van der Waals surface area contributed by atoms with E-state index in [9.17, 15) is 14.7 Å². The summed E-state index contributed by atoms with van der Waals surface area (Å²) in [5.74, 6) is -1.74. The van der Waals surface area contributed by atoms with Crippen LogP contribution in [0.5, 0.6) is 0 Å². The summed E-state index contributed by atoms with van der Waals surface area (Å²) in [4.78, 5) is 38.9. The van der Waals surface area contributed by atoms with Crippen LogP contribution >= 0.6 is 11.3 Å². The maximum absolute atomic E-state index is 12.7. The van der Waals surface area contributed by atoms with E-state index in [1.165, 1.54) is 28.6 Å². The van der Waals surface area contributed by atoms with Crippen molar-refractivity contribution in [2.24, 2.45) is 0 Å². The topological polar surface area (TPSA) is 96.3 Å². The number of carbonyl (C=O) groups is 2. The van der Waals surface area contributed by atoms with Gasteiger partial charge in [0.1, 0.15) is 5.76 Å². The number of carbonyl (C=O) groups excluding carboxylic acids is 2. The van der Waals surface area contributed by atoms with Crippen molar-refractivity contribution < 1.29 is 14.7 Å². The Morgan fingerprint density at radius 1 is 1.08 bits per heavy atom. The number of aliphatic hydroxyl groups excluding tert-OH is 1. The molecule has 7 nitrogen and oxygen atoms in total. The van der Waals surface area contributed by atoms with Crippen LogP contribution < -0.4 is 4.90 Å². The molecule has 128 valence electrons. The van der Waals surface area contributed by atoms with Gasteiger partial charge in [-0.05, 0) is 23.8 Å². The standard InChI is InChI=1S/C18H12N4O3S/c23-15(11-3-6-19-7-4-11)13-14(12-2-1-5-20-10-12)22(17(25)16(13)24)18-21-8-9-26-18/h1-10,14,23H. The van der Waals surface area contributed by atoms with Gasteiger partial charge in [-0.25, -0.2) is 4.98 Å². The highest BCUT2D eigenvalue weighted by Crippen LogP contribution is 2.42. The van der Waals surface area contributed by atoms with Gasteiger partial charge in [0.05, 0.1) is 11.6 Å². The Morgan fingerprint density at radius 3 is 2.54 bits per heavy atom. The number of pyridine rings is 2. The quantitative estimate of drug-likeness (QED) is 0.436. The lowest BCUT2D eigenvalue weighted by Crippen LogP contribution is -2.29. The van der Waals surface area contributed by atoms with Crippen molar-refractivity contribution in [3.63, 3.8) is 0 Å². The Balaban J connectivity index is 1.95. The number of hydrogen-bond acceptors (Lipinski definition) is 7. The summed E-state index contributed by atoms with van der Waals surface area (Å²) >= 11 is 1.24. The zero-order chi connectivity index (χ0) is 18.1. The summed E-state index contributed by atoms with van der Waals surface area (Å²) in [6, 6.07) is 5.81. The summed E-state index contributed by atoms with van der Waals surface area (Å²) in [5, 5.41) is 12.9. The van der Waals surface area contributed by atoms with Crippen molar-refractivity contribution in [2.75, 3.05) is 4.90 Å². The first kappa shape index (κ1) is 16.1. The number of ketones is 1. The van der Waals surface area contributed by atoms with Gasteiger partial charge >= 0.3 is 5.91 Å². The van der Waals surface area contributed by atoms with Gasteiger partial charge < -0.3 is 5.11 Å². The molecule has 1 unspecified atom stereocenters. The summed E-state index contributed by atoms with van der Waals surface area (Å²) in [5.41, 5.74) is 1.02. The third-order valence-corrected chi connectivity index (χ3v) is 4.79. The van der Waals surface area contributed by atoms with Crippen LogP contribution in [0, 0.1) is 0 Å². The molecule has 0 spiro atoms. The predicted octanol–water partition coefficient (Wildman–Crippen LogP) is 2.56. The van der Waals surface area contributed by atoms with Crippen LogP contribution in [-0.4, -0.2) is 31.7 Å². The Morgan fingerprint density at radius 2 is 1.88 bits per heavy atom. The summed E-state index contributed by atoms with van der Waals surface area (Å²) in [7, 11) is 0. The maximum Gasteiger partial charge on any atom is 0.301 e. The largest absolute Gasteiger partial charge is 0.507 e. The lowest BCUT2D eigenvalue weighted by molar-refractivity contribution is -0.132. The normalized spacial score (nSPS) is 19.1. The highest BCUT2D eigenvalue weighted by atomic mass is 32.1. The van der Waals surface area contributed by atoms with E-state index in [1.807, 2.05) is 0 Å². The van der Waals surface area contributed by atoms with Crippen molar-refractivity contribution in [3.05, 3.63) is 77.3 Å². The SMILES string of the molecule is O=C1C(=O)N(c2nccs2)C(c2cccnc2)C1=C(O)c1ccncc1. The van der Waals surface area contributed by atoms with Gasteiger partial charge in [-0.15, -0.1) is 11.3 Å². The molecule has 1 aliphatic rings. The summed E-state index contributed by atoms with van der Waals surface area (Å²) < 4.78 is 0. The molecule has 0 bridgehead atoms. The molecule has 4 rings (SSSR count). The van der Waals surface area contributed by atoms with Crippen LogP contribution in [0.4, 0.5) is 5.13 Å². The Hall–Kier alpha value is -3.39. The molecule has 26 heavy (non-hydrogen) atoms. The number of anilines is 1. The molecule has 0 radical (unpaired) electrons. The number of Topliss-reactive ketones (excluding diaryl/α,β-unsaturated/α-hetero) is 1. The first-order chi connectivity index (χ1) is 12.7. The molecule has 4 heterocycles. The molecule has 0 saturated carbocycles. The average Bonchev–Trinajstić information content (AvgIpc) is 3.30. The maximum atomic E-state index is 12.7. The molecule has 1 aliphatic heterocycles. The fourth-order valence-electron chi connectivity index (χ4n) is 2.88. The summed E-state index contributed by atoms with van der Waals surface area (Å²) in [6.07, 6.45) is 7.73. The van der Waals surface area contributed by atoms with Crippen LogP contribution in [0.25, 0.3) is 5.76 Å². The van der Waals surface area contributed by atoms with Crippen LogP contribution in [0.15, 0.2) is 66.2 Å². The number of rotatable bonds is 3. The zero-order valence-corrected chi connectivity index (χ0v) is 14.1. The first-order valence-electron chi connectivity index (χ1n) is 7.69. The van der Waals surface area contributed by atoms with Crippen LogP contribution in [0.3, 0.4) is 0 Å². The van der Waals surface area contributed by atoms with E-state index in [0.29, 0.717) is 16.3 Å². The fraction of sp³-hybridized carbons (Fsp3) is 0.0556. The average molecular weight is 364 g/mol. The fourth-order valence-corrected chi connectivity index (χ4v) is 3.55. The van der Waals surface area contributed by atoms with Gasteiger partial charge in [-0.3, -0.25) is 24.5 Å². The van der Waals surface area contributed by atoms with Crippen molar-refractivity contribution in [2.45, 2.75) is 6.04 Å². The van der Waals surface area contributed by atoms with Crippen molar-refractivity contribution in [1.82, 2.24) is 15.0 Å². The Bertz CT molecular complexity index is 988. The van der Waals surface area contributed by atoms with Gasteiger partial charge in [0.2, 0.25) is 0 Å². The molecule has 3 aromatic heterocycles. The highest BCUT2D eigenvalue weighted by molar-refractivity contribution is 7.14. The van der Waals surface area contributed by atoms with E-state index in [2.05, 4.69) is 15.0 Å². The molecule has 1 saturated heterocycles. The minimum atomic E-state index is -0.803. The van der Waals surface area contributed by atoms with E-state index >= 15 is 0 Å². The molecular formula is C18H12N4O3S. The minimum absolute atomic E-state index is 0.00407. The Kier molecular flexibility index (Phi) is 4.02. The van der Waals surface area contributed by atoms with Gasteiger partial charge in [0.25, 0.3) is 5.78 Å². The van der Waals surface area contributed by atoms with Crippen LogP contribution in [0.2, 0.25) is 0 Å². The van der Waals surface area contributed by atoms with Crippen molar-refractivity contribution in [1.29, 1.82) is 0 Å². The highest BCUT2D eigenvalue weighted by Gasteiger charge is 2.48.